The third-order valence-corrected chi connectivity index (χ3v) is 8.70. The molecular weight excluding hydrogens is 633 g/mol. The van der Waals surface area contributed by atoms with Crippen molar-refractivity contribution in [1.82, 2.24) is 39.9 Å². The molecule has 13 heteroatoms. The fraction of sp³-hybridized carbons (Fsp3) is 0.0278. The number of benzene rings is 2. The molecule has 0 saturated heterocycles. The average molecular weight is 659 g/mol. The van der Waals surface area contributed by atoms with Gasteiger partial charge in [0.05, 0.1) is 11.9 Å². The predicted molar refractivity (Wildman–Crippen MR) is 194 cm³/mol. The minimum Gasteiger partial charge on any atom is -0.383 e. The molecule has 5 heterocycles. The lowest BCUT2D eigenvalue weighted by molar-refractivity contribution is 1.15. The van der Waals surface area contributed by atoms with Crippen LogP contribution in [0.5, 0.6) is 0 Å². The Morgan fingerprint density at radius 1 is 0.735 bits per heavy atom. The van der Waals surface area contributed by atoms with Gasteiger partial charge in [-0.15, -0.1) is 11.3 Å². The number of nitrogens with zero attached hydrogens (tertiary/aromatic N) is 10. The lowest BCUT2D eigenvalue weighted by Gasteiger charge is -2.15. The van der Waals surface area contributed by atoms with Crippen LogP contribution in [0.4, 0.5) is 0 Å². The van der Waals surface area contributed by atoms with Gasteiger partial charge >= 0.3 is 0 Å². The Balaban J connectivity index is 1.74. The summed E-state index contributed by atoms with van der Waals surface area (Å²) in [5.74, 6) is 1.55. The van der Waals surface area contributed by atoms with Gasteiger partial charge in [0.1, 0.15) is 5.84 Å². The minimum absolute atomic E-state index is 0.0158. The highest BCUT2D eigenvalue weighted by Crippen LogP contribution is 2.50. The first-order valence-electron chi connectivity index (χ1n) is 15.0. The number of nitrogens with one attached hydrogen (secondary N) is 1. The molecule has 0 spiro atoms. The number of hydrogen-bond acceptors (Lipinski definition) is 11. The van der Waals surface area contributed by atoms with Crippen molar-refractivity contribution in [3.05, 3.63) is 122 Å². The summed E-state index contributed by atoms with van der Waals surface area (Å²) in [5.41, 5.74) is 11.0. The molecule has 0 aliphatic carbocycles. The lowest BCUT2D eigenvalue weighted by Crippen LogP contribution is -2.15. The van der Waals surface area contributed by atoms with Crippen LogP contribution >= 0.6 is 11.3 Å². The summed E-state index contributed by atoms with van der Waals surface area (Å²) in [6.45, 7) is 5.60. The summed E-state index contributed by atoms with van der Waals surface area (Å²) < 4.78 is 1.68. The Bertz CT molecular complexity index is 2420. The second-order valence-corrected chi connectivity index (χ2v) is 11.4. The largest absolute Gasteiger partial charge is 0.383 e. The van der Waals surface area contributed by atoms with Gasteiger partial charge in [0.15, 0.2) is 23.3 Å². The van der Waals surface area contributed by atoms with E-state index in [-0.39, 0.29) is 11.7 Å². The van der Waals surface area contributed by atoms with Crippen molar-refractivity contribution in [3.8, 4) is 45.4 Å². The molecule has 0 unspecified atom stereocenters. The van der Waals surface area contributed by atoms with Gasteiger partial charge in [-0.3, -0.25) is 15.4 Å². The summed E-state index contributed by atoms with van der Waals surface area (Å²) in [5, 5.41) is 10.7. The van der Waals surface area contributed by atoms with Crippen molar-refractivity contribution in [1.29, 1.82) is 5.41 Å². The lowest BCUT2D eigenvalue weighted by atomic mass is 9.91. The maximum Gasteiger partial charge on any atom is 0.161 e. The molecule has 7 rings (SSSR count). The fourth-order valence-corrected chi connectivity index (χ4v) is 6.84. The van der Waals surface area contributed by atoms with E-state index in [1.54, 1.807) is 86.2 Å². The summed E-state index contributed by atoms with van der Waals surface area (Å²) in [6, 6.07) is 9.17. The zero-order chi connectivity index (χ0) is 33.7. The van der Waals surface area contributed by atoms with Crippen molar-refractivity contribution in [2.75, 3.05) is 0 Å². The Morgan fingerprint density at radius 2 is 1.29 bits per heavy atom. The van der Waals surface area contributed by atoms with Gasteiger partial charge < -0.3 is 5.73 Å². The topological polar surface area (TPSA) is 178 Å². The second-order valence-electron chi connectivity index (χ2n) is 10.4. The van der Waals surface area contributed by atoms with Crippen molar-refractivity contribution < 1.29 is 0 Å². The number of hydrogen-bond donors (Lipinski definition) is 2. The Morgan fingerprint density at radius 3 is 1.82 bits per heavy atom. The predicted octanol–water partition coefficient (Wildman–Crippen LogP) is 6.70. The molecule has 0 amide bonds. The van der Waals surface area contributed by atoms with E-state index in [9.17, 15) is 0 Å². The smallest absolute Gasteiger partial charge is 0.161 e. The molecule has 2 aromatic carbocycles. The van der Waals surface area contributed by atoms with Crippen LogP contribution in [-0.2, 0) is 0 Å². The zero-order valence-corrected chi connectivity index (χ0v) is 26.9. The van der Waals surface area contributed by atoms with Crippen molar-refractivity contribution in [3.63, 3.8) is 0 Å². The highest BCUT2D eigenvalue weighted by atomic mass is 32.1. The summed E-state index contributed by atoms with van der Waals surface area (Å²) in [6.07, 6.45) is 21.4. The number of aliphatic imine (C=N–C) groups is 2. The van der Waals surface area contributed by atoms with Gasteiger partial charge in [-0.25, -0.2) is 39.9 Å². The molecule has 49 heavy (non-hydrogen) atoms. The Kier molecular flexibility index (Phi) is 8.55. The van der Waals surface area contributed by atoms with Crippen LogP contribution in [0.1, 0.15) is 18.1 Å². The molecule has 0 atom stereocenters. The Hall–Kier alpha value is -6.73. The van der Waals surface area contributed by atoms with E-state index in [0.717, 1.165) is 20.2 Å². The van der Waals surface area contributed by atoms with E-state index in [1.165, 1.54) is 23.6 Å². The van der Waals surface area contributed by atoms with Gasteiger partial charge in [-0.2, -0.15) is 0 Å². The number of amidine groups is 2. The first-order valence-corrected chi connectivity index (χ1v) is 15.8. The fourth-order valence-electron chi connectivity index (χ4n) is 5.49. The van der Waals surface area contributed by atoms with Gasteiger partial charge in [0.25, 0.3) is 0 Å². The van der Waals surface area contributed by atoms with Crippen LogP contribution in [0.2, 0.25) is 0 Å². The molecule has 0 aliphatic heterocycles. The molecule has 0 radical (unpaired) electrons. The maximum absolute atomic E-state index is 9.11. The molecule has 236 valence electrons. The molecule has 0 bridgehead atoms. The first-order chi connectivity index (χ1) is 24.1. The summed E-state index contributed by atoms with van der Waals surface area (Å²) >= 11 is 1.52. The number of thiophene rings is 1. The number of aromatic nitrogens is 8. The number of allylic oxidation sites excluding steroid dienone is 2. The molecule has 12 nitrogen and oxygen atoms in total. The second kappa shape index (κ2) is 13.6. The van der Waals surface area contributed by atoms with Gasteiger partial charge in [0.2, 0.25) is 0 Å². The molecule has 0 aliphatic rings. The molecule has 0 saturated carbocycles. The van der Waals surface area contributed by atoms with E-state index in [0.29, 0.717) is 56.5 Å². The van der Waals surface area contributed by atoms with Crippen LogP contribution < -0.4 is 5.73 Å². The van der Waals surface area contributed by atoms with Crippen LogP contribution in [0, 0.1) is 5.41 Å². The van der Waals surface area contributed by atoms with Crippen molar-refractivity contribution >= 4 is 49.4 Å². The van der Waals surface area contributed by atoms with E-state index in [4.69, 9.17) is 11.1 Å². The Labute approximate surface area is 284 Å². The van der Waals surface area contributed by atoms with E-state index >= 15 is 0 Å². The van der Waals surface area contributed by atoms with Crippen LogP contribution in [0.25, 0.3) is 65.6 Å². The molecule has 7 aromatic rings. The molecule has 3 N–H and O–H groups in total. The number of nitrogens with two attached hydrogens (primary N) is 1. The highest BCUT2D eigenvalue weighted by molar-refractivity contribution is 7.27. The highest BCUT2D eigenvalue weighted by Gasteiger charge is 2.29. The van der Waals surface area contributed by atoms with Gasteiger partial charge in [-0.1, -0.05) is 18.7 Å². The van der Waals surface area contributed by atoms with E-state index in [2.05, 4.69) is 56.4 Å². The average Bonchev–Trinajstić information content (AvgIpc) is 3.53. The molecule has 0 fully saturated rings. The van der Waals surface area contributed by atoms with Gasteiger partial charge in [-0.05, 0) is 37.3 Å². The standard InChI is InChI=1S/C36H26N12S/c1-3-8-41-32(37)23-18-21-22-19-24(33(38)42-9-4-2)27(34-43-10-5-11-44-34)29(36-47-14-7-15-48-36)31(22)49-30(21)28(35-45-12-6-13-46-35)26(23)25-20-39-16-17-40-25/h3-20,38H,2H2,1H3,(H2,37,41)/b8-3-,38-33?,42-9?. The van der Waals surface area contributed by atoms with Crippen molar-refractivity contribution in [2.45, 2.75) is 6.92 Å². The summed E-state index contributed by atoms with van der Waals surface area (Å²) in [7, 11) is 0. The summed E-state index contributed by atoms with van der Waals surface area (Å²) in [4.78, 5) is 45.9. The third kappa shape index (κ3) is 5.74. The molecule has 5 aromatic heterocycles. The van der Waals surface area contributed by atoms with Crippen LogP contribution in [0.15, 0.2) is 121 Å². The third-order valence-electron chi connectivity index (χ3n) is 7.44. The number of rotatable bonds is 8. The minimum atomic E-state index is -0.0158. The first kappa shape index (κ1) is 30.9. The zero-order valence-electron chi connectivity index (χ0n) is 26.1. The number of fused-ring (bicyclic) bond motifs is 3. The van der Waals surface area contributed by atoms with Gasteiger partial charge in [0, 0.05) is 116 Å². The SMILES string of the molecule is C=CC=NC(=N)c1cc2c(sc3c(-c4ncccn4)c(-c4cnccn4)c(C(N)=N/C=C\C)cc32)c(-c2ncccn2)c1-c1ncccn1. The quantitative estimate of drug-likeness (QED) is 0.133. The van der Waals surface area contributed by atoms with E-state index < -0.39 is 0 Å². The van der Waals surface area contributed by atoms with Crippen LogP contribution in [-0.4, -0.2) is 57.8 Å². The molecular formula is C36H26N12S. The van der Waals surface area contributed by atoms with E-state index in [1.807, 2.05) is 19.1 Å². The van der Waals surface area contributed by atoms with Crippen LogP contribution in [0.3, 0.4) is 0 Å². The maximum atomic E-state index is 9.11. The van der Waals surface area contributed by atoms with Crippen molar-refractivity contribution in [2.24, 2.45) is 15.7 Å². The normalized spacial score (nSPS) is 12.0. The monoisotopic (exact) mass is 658 g/mol.